The molecule has 0 amide bonds. The van der Waals surface area contributed by atoms with Gasteiger partial charge in [0.15, 0.2) is 5.96 Å². The van der Waals surface area contributed by atoms with Crippen LogP contribution in [0.5, 0.6) is 0 Å². The first kappa shape index (κ1) is 14.3. The average molecular weight is 241 g/mol. The van der Waals surface area contributed by atoms with E-state index in [2.05, 4.69) is 22.5 Å². The molecule has 1 aliphatic rings. The zero-order valence-electron chi connectivity index (χ0n) is 11.5. The van der Waals surface area contributed by atoms with Crippen LogP contribution in [-0.4, -0.2) is 38.8 Å². The summed E-state index contributed by atoms with van der Waals surface area (Å²) < 4.78 is 6.11. The van der Waals surface area contributed by atoms with Gasteiger partial charge >= 0.3 is 0 Å². The van der Waals surface area contributed by atoms with Gasteiger partial charge in [0.05, 0.1) is 5.60 Å². The molecule has 0 aromatic carbocycles. The summed E-state index contributed by atoms with van der Waals surface area (Å²) in [5.41, 5.74) is 0.0288. The molecule has 0 aliphatic heterocycles. The first-order valence-corrected chi connectivity index (χ1v) is 6.78. The Hall–Kier alpha value is -0.770. The van der Waals surface area contributed by atoms with Crippen LogP contribution in [0.25, 0.3) is 0 Å². The minimum absolute atomic E-state index is 0.0288. The maximum atomic E-state index is 6.11. The van der Waals surface area contributed by atoms with Crippen molar-refractivity contribution >= 4 is 5.96 Å². The van der Waals surface area contributed by atoms with Crippen LogP contribution >= 0.6 is 0 Å². The molecule has 100 valence electrons. The maximum absolute atomic E-state index is 6.11. The van der Waals surface area contributed by atoms with Gasteiger partial charge in [-0.05, 0) is 19.3 Å². The highest BCUT2D eigenvalue weighted by molar-refractivity contribution is 5.79. The van der Waals surface area contributed by atoms with Gasteiger partial charge in [0.1, 0.15) is 0 Å². The first-order chi connectivity index (χ1) is 8.26. The lowest BCUT2D eigenvalue weighted by Crippen LogP contribution is -2.49. The Bertz CT molecular complexity index is 235. The topological polar surface area (TPSA) is 45.6 Å². The summed E-state index contributed by atoms with van der Waals surface area (Å²) in [7, 11) is 3.68. The van der Waals surface area contributed by atoms with Crippen LogP contribution in [0.2, 0.25) is 0 Å². The second-order valence-corrected chi connectivity index (χ2v) is 4.77. The molecule has 0 spiro atoms. The molecular formula is C13H27N3O. The fraction of sp³-hybridized carbons (Fsp3) is 0.923. The third-order valence-corrected chi connectivity index (χ3v) is 3.42. The molecule has 2 N–H and O–H groups in total. The van der Waals surface area contributed by atoms with Gasteiger partial charge in [0.2, 0.25) is 0 Å². The smallest absolute Gasteiger partial charge is 0.190 e. The molecule has 0 bridgehead atoms. The van der Waals surface area contributed by atoms with Crippen molar-refractivity contribution in [2.24, 2.45) is 4.99 Å². The minimum Gasteiger partial charge on any atom is -0.373 e. The molecule has 0 aromatic rings. The van der Waals surface area contributed by atoms with Crippen LogP contribution in [0.3, 0.4) is 0 Å². The summed E-state index contributed by atoms with van der Waals surface area (Å²) in [6.45, 7) is 3.89. The summed E-state index contributed by atoms with van der Waals surface area (Å²) >= 11 is 0. The second-order valence-electron chi connectivity index (χ2n) is 4.77. The van der Waals surface area contributed by atoms with Crippen LogP contribution in [0.1, 0.15) is 45.4 Å². The van der Waals surface area contributed by atoms with E-state index in [1.807, 2.05) is 7.05 Å². The van der Waals surface area contributed by atoms with Gasteiger partial charge < -0.3 is 15.4 Å². The Morgan fingerprint density at radius 3 is 2.53 bits per heavy atom. The van der Waals surface area contributed by atoms with Crippen molar-refractivity contribution in [1.82, 2.24) is 10.6 Å². The van der Waals surface area contributed by atoms with Gasteiger partial charge in [-0.25, -0.2) is 0 Å². The summed E-state index contributed by atoms with van der Waals surface area (Å²) in [6.07, 6.45) is 7.33. The lowest BCUT2D eigenvalue weighted by atomic mass is 9.84. The molecule has 0 radical (unpaired) electrons. The van der Waals surface area contributed by atoms with Gasteiger partial charge in [-0.1, -0.05) is 26.2 Å². The standard InChI is InChI=1S/C13H27N3O/c1-4-10-17-13(8-6-5-7-9-13)11-16-12(14-2)15-3/h4-11H2,1-3H3,(H2,14,15,16). The molecule has 1 saturated carbocycles. The number of hydrogen-bond donors (Lipinski definition) is 2. The largest absolute Gasteiger partial charge is 0.373 e. The molecule has 1 fully saturated rings. The van der Waals surface area contributed by atoms with Gasteiger partial charge in [0, 0.05) is 27.2 Å². The molecule has 4 heteroatoms. The normalized spacial score (nSPS) is 20.1. The van der Waals surface area contributed by atoms with Gasteiger partial charge in [-0.3, -0.25) is 4.99 Å². The maximum Gasteiger partial charge on any atom is 0.190 e. The third kappa shape index (κ3) is 4.54. The van der Waals surface area contributed by atoms with Crippen LogP contribution in [-0.2, 0) is 4.74 Å². The van der Waals surface area contributed by atoms with Crippen molar-refractivity contribution in [3.05, 3.63) is 0 Å². The van der Waals surface area contributed by atoms with Crippen molar-refractivity contribution < 1.29 is 4.74 Å². The highest BCUT2D eigenvalue weighted by Gasteiger charge is 2.32. The van der Waals surface area contributed by atoms with Crippen molar-refractivity contribution in [3.63, 3.8) is 0 Å². The lowest BCUT2D eigenvalue weighted by molar-refractivity contribution is -0.0657. The van der Waals surface area contributed by atoms with Gasteiger partial charge in [-0.15, -0.1) is 0 Å². The van der Waals surface area contributed by atoms with Crippen LogP contribution in [0.15, 0.2) is 4.99 Å². The third-order valence-electron chi connectivity index (χ3n) is 3.42. The molecule has 17 heavy (non-hydrogen) atoms. The Balaban J connectivity index is 2.50. The van der Waals surface area contributed by atoms with Crippen LogP contribution < -0.4 is 10.6 Å². The number of rotatable bonds is 5. The van der Waals surface area contributed by atoms with E-state index < -0.39 is 0 Å². The van der Waals surface area contributed by atoms with Gasteiger partial charge in [-0.2, -0.15) is 0 Å². The van der Waals surface area contributed by atoms with E-state index in [4.69, 9.17) is 4.74 Å². The number of aliphatic imine (C=N–C) groups is 1. The Morgan fingerprint density at radius 2 is 2.00 bits per heavy atom. The highest BCUT2D eigenvalue weighted by Crippen LogP contribution is 2.31. The number of guanidine groups is 1. The molecule has 0 heterocycles. The fourth-order valence-corrected chi connectivity index (χ4v) is 2.41. The molecular weight excluding hydrogens is 214 g/mol. The van der Waals surface area contributed by atoms with Gasteiger partial charge in [0.25, 0.3) is 0 Å². The van der Waals surface area contributed by atoms with E-state index in [1.54, 1.807) is 7.05 Å². The van der Waals surface area contributed by atoms with Crippen molar-refractivity contribution in [3.8, 4) is 0 Å². The van der Waals surface area contributed by atoms with Crippen molar-refractivity contribution in [2.45, 2.75) is 51.0 Å². The monoisotopic (exact) mass is 241 g/mol. The van der Waals surface area contributed by atoms with E-state index in [1.165, 1.54) is 32.1 Å². The Labute approximate surface area is 105 Å². The Kier molecular flexibility index (Phi) is 6.34. The van der Waals surface area contributed by atoms with Crippen molar-refractivity contribution in [1.29, 1.82) is 0 Å². The fourth-order valence-electron chi connectivity index (χ4n) is 2.41. The lowest BCUT2D eigenvalue weighted by Gasteiger charge is -2.37. The van der Waals surface area contributed by atoms with Crippen LogP contribution in [0, 0.1) is 0 Å². The predicted molar refractivity (Wildman–Crippen MR) is 72.5 cm³/mol. The summed E-state index contributed by atoms with van der Waals surface area (Å²) in [5, 5.41) is 6.40. The van der Waals surface area contributed by atoms with Crippen molar-refractivity contribution in [2.75, 3.05) is 27.2 Å². The quantitative estimate of drug-likeness (QED) is 0.571. The predicted octanol–water partition coefficient (Wildman–Crippen LogP) is 1.91. The minimum atomic E-state index is 0.0288. The van der Waals surface area contributed by atoms with Crippen LogP contribution in [0.4, 0.5) is 0 Å². The summed E-state index contributed by atoms with van der Waals surface area (Å²) in [5.74, 6) is 0.843. The number of nitrogens with zero attached hydrogens (tertiary/aromatic N) is 1. The molecule has 0 unspecified atom stereocenters. The molecule has 1 rings (SSSR count). The average Bonchev–Trinajstić information content (AvgIpc) is 2.39. The van der Waals surface area contributed by atoms with E-state index >= 15 is 0 Å². The summed E-state index contributed by atoms with van der Waals surface area (Å²) in [4.78, 5) is 4.14. The second kappa shape index (κ2) is 7.54. The molecule has 0 aromatic heterocycles. The highest BCUT2D eigenvalue weighted by atomic mass is 16.5. The number of ether oxygens (including phenoxy) is 1. The molecule has 0 atom stereocenters. The van der Waals surface area contributed by atoms with E-state index in [0.29, 0.717) is 0 Å². The summed E-state index contributed by atoms with van der Waals surface area (Å²) in [6, 6.07) is 0. The van der Waals surface area contributed by atoms with E-state index in [0.717, 1.165) is 25.5 Å². The molecule has 1 aliphatic carbocycles. The SMILES string of the molecule is CCCOC1(CNC(=NC)NC)CCCCC1. The zero-order valence-corrected chi connectivity index (χ0v) is 11.5. The zero-order chi connectivity index (χ0) is 12.6. The first-order valence-electron chi connectivity index (χ1n) is 6.78. The number of nitrogens with one attached hydrogen (secondary N) is 2. The molecule has 4 nitrogen and oxygen atoms in total. The Morgan fingerprint density at radius 1 is 1.29 bits per heavy atom. The number of hydrogen-bond acceptors (Lipinski definition) is 2. The van der Waals surface area contributed by atoms with E-state index in [9.17, 15) is 0 Å². The van der Waals surface area contributed by atoms with E-state index in [-0.39, 0.29) is 5.60 Å². The molecule has 0 saturated heterocycles.